The normalized spacial score (nSPS) is 24.5. The predicted molar refractivity (Wildman–Crippen MR) is 153 cm³/mol. The molecule has 3 aliphatic rings. The van der Waals surface area contributed by atoms with E-state index < -0.39 is 0 Å². The molecule has 0 radical (unpaired) electrons. The van der Waals surface area contributed by atoms with Gasteiger partial charge in [-0.2, -0.15) is 0 Å². The molecule has 1 aliphatic carbocycles. The Hall–Kier alpha value is -0.640. The number of piperidine rings is 1. The summed E-state index contributed by atoms with van der Waals surface area (Å²) in [6.07, 6.45) is 12.0. The van der Waals surface area contributed by atoms with Crippen molar-refractivity contribution in [1.29, 1.82) is 0 Å². The van der Waals surface area contributed by atoms with E-state index in [1.165, 1.54) is 75.6 Å². The highest BCUT2D eigenvalue weighted by molar-refractivity contribution is 9.10. The number of amides is 1. The minimum absolute atomic E-state index is 0. The Morgan fingerprint density at radius 3 is 1.97 bits per heavy atom. The van der Waals surface area contributed by atoms with Gasteiger partial charge in [-0.25, -0.2) is 0 Å². The number of carbonyl (C=O) groups excluding carboxylic acids is 1. The summed E-state index contributed by atoms with van der Waals surface area (Å²) in [6.45, 7) is 7.26. The van der Waals surface area contributed by atoms with Crippen molar-refractivity contribution in [2.24, 2.45) is 5.92 Å². The second-order valence-electron chi connectivity index (χ2n) is 11.2. The standard InChI is InChI=1S/C30H38Br2N2O2.HI/c1-2-34(20-21-8-6-4-3-5-7-9-21)16-14-24(15-17-34)33-30(35)29-25-18-22(31)10-12-27(25)36-28-13-11-23(32)19-26(28)29;/h10-13,18-19,21,24,29H,2-9,14-17,20H2,1H3;1H/t24-,34+;. The van der Waals surface area contributed by atoms with E-state index in [0.717, 1.165) is 50.3 Å². The van der Waals surface area contributed by atoms with Crippen LogP contribution in [-0.4, -0.2) is 42.6 Å². The van der Waals surface area contributed by atoms with Gasteiger partial charge in [0.05, 0.1) is 32.1 Å². The van der Waals surface area contributed by atoms with Gasteiger partial charge in [0, 0.05) is 44.9 Å². The first-order valence-electron chi connectivity index (χ1n) is 13.9. The molecular formula is C30H39Br2IN2O2. The van der Waals surface area contributed by atoms with Crippen LogP contribution < -0.4 is 34.0 Å². The van der Waals surface area contributed by atoms with Crippen molar-refractivity contribution < 1.29 is 38.0 Å². The van der Waals surface area contributed by atoms with E-state index in [0.29, 0.717) is 0 Å². The van der Waals surface area contributed by atoms with Gasteiger partial charge in [-0.1, -0.05) is 64.0 Å². The fraction of sp³-hybridized carbons (Fsp3) is 0.567. The van der Waals surface area contributed by atoms with Gasteiger partial charge in [0.25, 0.3) is 0 Å². The molecule has 37 heavy (non-hydrogen) atoms. The van der Waals surface area contributed by atoms with E-state index in [4.69, 9.17) is 4.74 Å². The highest BCUT2D eigenvalue weighted by Crippen LogP contribution is 2.46. The van der Waals surface area contributed by atoms with Crippen LogP contribution in [-0.2, 0) is 4.79 Å². The lowest BCUT2D eigenvalue weighted by atomic mass is 9.86. The fourth-order valence-corrected chi connectivity index (χ4v) is 7.45. The molecule has 1 N–H and O–H groups in total. The minimum atomic E-state index is -0.374. The number of rotatable bonds is 5. The molecule has 2 heterocycles. The third kappa shape index (κ3) is 6.93. The second-order valence-corrected chi connectivity index (χ2v) is 13.0. The van der Waals surface area contributed by atoms with Gasteiger partial charge in [-0.05, 0) is 56.2 Å². The number of carbonyl (C=O) groups is 1. The summed E-state index contributed by atoms with van der Waals surface area (Å²) in [7, 11) is 0. The molecule has 0 atom stereocenters. The van der Waals surface area contributed by atoms with Gasteiger partial charge < -0.3 is 38.5 Å². The molecule has 1 saturated heterocycles. The number of hydrogen-bond acceptors (Lipinski definition) is 2. The SMILES string of the molecule is CC[N@+]1(CC2CCCCCCC2)CC[C@@H](NC(=O)C2c3cc(Br)ccc3Oc3ccc(Br)cc32)CC1.[I-]. The molecule has 0 aromatic heterocycles. The lowest BCUT2D eigenvalue weighted by Gasteiger charge is -2.45. The molecule has 0 bridgehead atoms. The number of hydrogen-bond donors (Lipinski definition) is 1. The van der Waals surface area contributed by atoms with Crippen molar-refractivity contribution in [3.63, 3.8) is 0 Å². The van der Waals surface area contributed by atoms with Gasteiger partial charge in [-0.15, -0.1) is 0 Å². The van der Waals surface area contributed by atoms with Crippen LogP contribution in [0.2, 0.25) is 0 Å². The molecule has 2 aromatic rings. The predicted octanol–water partition coefficient (Wildman–Crippen LogP) is 4.93. The molecule has 2 fully saturated rings. The van der Waals surface area contributed by atoms with Crippen molar-refractivity contribution >= 4 is 37.8 Å². The van der Waals surface area contributed by atoms with Gasteiger partial charge in [-0.3, -0.25) is 4.79 Å². The third-order valence-corrected chi connectivity index (χ3v) is 9.83. The lowest BCUT2D eigenvalue weighted by molar-refractivity contribution is -0.934. The highest BCUT2D eigenvalue weighted by Gasteiger charge is 2.38. The monoisotopic (exact) mass is 744 g/mol. The maximum atomic E-state index is 13.8. The first kappa shape index (κ1) is 29.3. The molecule has 0 spiro atoms. The third-order valence-electron chi connectivity index (χ3n) is 8.84. The highest BCUT2D eigenvalue weighted by atomic mass is 127. The quantitative estimate of drug-likeness (QED) is 0.349. The zero-order chi connectivity index (χ0) is 25.1. The average Bonchev–Trinajstić information content (AvgIpc) is 2.85. The minimum Gasteiger partial charge on any atom is -1.00 e. The van der Waals surface area contributed by atoms with Crippen molar-refractivity contribution in [2.75, 3.05) is 26.2 Å². The van der Waals surface area contributed by atoms with Crippen LogP contribution in [0.25, 0.3) is 0 Å². The largest absolute Gasteiger partial charge is 1.00 e. The molecule has 7 heteroatoms. The van der Waals surface area contributed by atoms with Crippen LogP contribution in [0, 0.1) is 5.92 Å². The van der Waals surface area contributed by atoms with Crippen molar-refractivity contribution in [3.8, 4) is 11.5 Å². The second kappa shape index (κ2) is 13.1. The number of halogens is 3. The molecule has 202 valence electrons. The Bertz CT molecular complexity index is 1030. The molecule has 5 rings (SSSR count). The summed E-state index contributed by atoms with van der Waals surface area (Å²) < 4.78 is 9.31. The molecule has 2 aromatic carbocycles. The maximum absolute atomic E-state index is 13.8. The Kier molecular flexibility index (Phi) is 10.4. The van der Waals surface area contributed by atoms with Crippen LogP contribution in [0.4, 0.5) is 0 Å². The Morgan fingerprint density at radius 1 is 0.892 bits per heavy atom. The molecule has 2 aliphatic heterocycles. The first-order chi connectivity index (χ1) is 17.5. The van der Waals surface area contributed by atoms with Crippen molar-refractivity contribution in [3.05, 3.63) is 56.5 Å². The van der Waals surface area contributed by atoms with Gasteiger partial charge in [0.15, 0.2) is 0 Å². The van der Waals surface area contributed by atoms with E-state index >= 15 is 0 Å². The van der Waals surface area contributed by atoms with Crippen LogP contribution in [0.5, 0.6) is 11.5 Å². The van der Waals surface area contributed by atoms with Gasteiger partial charge >= 0.3 is 0 Å². The lowest BCUT2D eigenvalue weighted by Crippen LogP contribution is -3.00. The number of benzene rings is 2. The smallest absolute Gasteiger partial charge is 0.232 e. The zero-order valence-electron chi connectivity index (χ0n) is 21.8. The number of likely N-dealkylation sites (tertiary alicyclic amines) is 1. The summed E-state index contributed by atoms with van der Waals surface area (Å²) in [5.74, 6) is 2.11. The summed E-state index contributed by atoms with van der Waals surface area (Å²) in [5, 5.41) is 3.46. The summed E-state index contributed by atoms with van der Waals surface area (Å²) >= 11 is 7.18. The Morgan fingerprint density at radius 2 is 1.43 bits per heavy atom. The molecule has 1 saturated carbocycles. The van der Waals surface area contributed by atoms with E-state index in [1.807, 2.05) is 36.4 Å². The summed E-state index contributed by atoms with van der Waals surface area (Å²) in [5.41, 5.74) is 1.84. The molecule has 4 nitrogen and oxygen atoms in total. The Balaban J connectivity index is 0.00000320. The van der Waals surface area contributed by atoms with E-state index in [2.05, 4.69) is 44.1 Å². The summed E-state index contributed by atoms with van der Waals surface area (Å²) in [6, 6.07) is 12.1. The molecule has 1 amide bonds. The van der Waals surface area contributed by atoms with Gasteiger partial charge in [0.2, 0.25) is 5.91 Å². The zero-order valence-corrected chi connectivity index (χ0v) is 27.1. The van der Waals surface area contributed by atoms with Crippen LogP contribution in [0.3, 0.4) is 0 Å². The van der Waals surface area contributed by atoms with Crippen molar-refractivity contribution in [1.82, 2.24) is 5.32 Å². The van der Waals surface area contributed by atoms with Crippen LogP contribution in [0.15, 0.2) is 45.3 Å². The topological polar surface area (TPSA) is 38.3 Å². The van der Waals surface area contributed by atoms with Crippen molar-refractivity contribution in [2.45, 2.75) is 76.7 Å². The average molecular weight is 746 g/mol. The van der Waals surface area contributed by atoms with E-state index in [9.17, 15) is 4.79 Å². The number of fused-ring (bicyclic) bond motifs is 2. The maximum Gasteiger partial charge on any atom is 0.232 e. The first-order valence-corrected chi connectivity index (χ1v) is 15.5. The molecular weight excluding hydrogens is 707 g/mol. The van der Waals surface area contributed by atoms with Gasteiger partial charge in [0.1, 0.15) is 11.5 Å². The van der Waals surface area contributed by atoms with E-state index in [1.54, 1.807) is 0 Å². The van der Waals surface area contributed by atoms with E-state index in [-0.39, 0.29) is 41.8 Å². The number of ether oxygens (including phenoxy) is 1. The van der Waals surface area contributed by atoms with Crippen LogP contribution in [0.1, 0.15) is 81.8 Å². The number of nitrogens with zero attached hydrogens (tertiary/aromatic N) is 1. The molecule has 0 unspecified atom stereocenters. The summed E-state index contributed by atoms with van der Waals surface area (Å²) in [4.78, 5) is 13.8. The fourth-order valence-electron chi connectivity index (χ4n) is 6.69. The Labute approximate surface area is 256 Å². The number of nitrogens with one attached hydrogen (secondary N) is 1. The van der Waals surface area contributed by atoms with Crippen LogP contribution >= 0.6 is 31.9 Å². The number of quaternary nitrogens is 1.